The minimum atomic E-state index is -4.31. The summed E-state index contributed by atoms with van der Waals surface area (Å²) in [4.78, 5) is 3.33. The lowest BCUT2D eigenvalue weighted by molar-refractivity contribution is -0.137. The SMILES string of the molecule is FC(F)(F)c1ccc2c(c1)Cc1ccccc1[S+]2c1ccccc1. The van der Waals surface area contributed by atoms with E-state index in [0.717, 1.165) is 20.9 Å². The first-order chi connectivity index (χ1) is 11.5. The van der Waals surface area contributed by atoms with E-state index < -0.39 is 11.7 Å². The van der Waals surface area contributed by atoms with Gasteiger partial charge in [0.15, 0.2) is 14.7 Å². The van der Waals surface area contributed by atoms with Crippen LogP contribution in [-0.4, -0.2) is 0 Å². The predicted molar refractivity (Wildman–Crippen MR) is 89.3 cm³/mol. The zero-order valence-electron chi connectivity index (χ0n) is 12.7. The molecule has 120 valence electrons. The molecule has 0 aromatic heterocycles. The van der Waals surface area contributed by atoms with Crippen molar-refractivity contribution in [3.8, 4) is 0 Å². The van der Waals surface area contributed by atoms with Crippen LogP contribution in [0, 0.1) is 0 Å². The molecule has 4 rings (SSSR count). The molecule has 3 aromatic rings. The molecule has 1 aliphatic rings. The highest BCUT2D eigenvalue weighted by Gasteiger charge is 2.39. The van der Waals surface area contributed by atoms with E-state index in [9.17, 15) is 13.2 Å². The molecule has 24 heavy (non-hydrogen) atoms. The topological polar surface area (TPSA) is 0 Å². The second kappa shape index (κ2) is 5.71. The molecule has 0 saturated heterocycles. The summed E-state index contributed by atoms with van der Waals surface area (Å²) in [6.07, 6.45) is -3.76. The lowest BCUT2D eigenvalue weighted by Crippen LogP contribution is -2.17. The van der Waals surface area contributed by atoms with Gasteiger partial charge in [-0.3, -0.25) is 0 Å². The second-order valence-electron chi connectivity index (χ2n) is 5.72. The molecule has 0 nitrogen and oxygen atoms in total. The van der Waals surface area contributed by atoms with Gasteiger partial charge in [-0.2, -0.15) is 13.2 Å². The van der Waals surface area contributed by atoms with Crippen LogP contribution in [0.5, 0.6) is 0 Å². The van der Waals surface area contributed by atoms with Gasteiger partial charge in [-0.15, -0.1) is 0 Å². The molecule has 4 heteroatoms. The first-order valence-electron chi connectivity index (χ1n) is 7.61. The molecule has 0 amide bonds. The van der Waals surface area contributed by atoms with Crippen LogP contribution in [0.3, 0.4) is 0 Å². The molecule has 1 unspecified atom stereocenters. The van der Waals surface area contributed by atoms with Gasteiger partial charge in [-0.1, -0.05) is 36.4 Å². The summed E-state index contributed by atoms with van der Waals surface area (Å²) in [6, 6.07) is 22.2. The molecule has 3 aromatic carbocycles. The molecule has 0 bridgehead atoms. The number of hydrogen-bond donors (Lipinski definition) is 0. The van der Waals surface area contributed by atoms with Gasteiger partial charge in [0, 0.05) is 17.5 Å². The number of fused-ring (bicyclic) bond motifs is 2. The monoisotopic (exact) mass is 343 g/mol. The molecule has 0 fully saturated rings. The van der Waals surface area contributed by atoms with Crippen LogP contribution in [0.25, 0.3) is 0 Å². The van der Waals surface area contributed by atoms with Crippen molar-refractivity contribution in [2.45, 2.75) is 27.3 Å². The first-order valence-corrected chi connectivity index (χ1v) is 8.84. The van der Waals surface area contributed by atoms with Crippen molar-refractivity contribution < 1.29 is 13.2 Å². The highest BCUT2D eigenvalue weighted by molar-refractivity contribution is 7.97. The van der Waals surface area contributed by atoms with Crippen LogP contribution >= 0.6 is 0 Å². The molecule has 0 N–H and O–H groups in total. The van der Waals surface area contributed by atoms with Crippen molar-refractivity contribution in [1.82, 2.24) is 0 Å². The zero-order chi connectivity index (χ0) is 16.7. The molecule has 0 radical (unpaired) electrons. The van der Waals surface area contributed by atoms with Gasteiger partial charge in [0.25, 0.3) is 0 Å². The summed E-state index contributed by atoms with van der Waals surface area (Å²) in [5.74, 6) is 0. The lowest BCUT2D eigenvalue weighted by Gasteiger charge is -2.20. The smallest absolute Gasteiger partial charge is 0.166 e. The van der Waals surface area contributed by atoms with Crippen LogP contribution in [0.4, 0.5) is 13.2 Å². The Labute approximate surface area is 141 Å². The normalized spacial score (nSPS) is 16.4. The van der Waals surface area contributed by atoms with Gasteiger partial charge in [-0.05, 0) is 36.4 Å². The van der Waals surface area contributed by atoms with Crippen molar-refractivity contribution >= 4 is 10.9 Å². The van der Waals surface area contributed by atoms with E-state index in [0.29, 0.717) is 6.42 Å². The van der Waals surface area contributed by atoms with Gasteiger partial charge in [-0.25, -0.2) is 0 Å². The number of benzene rings is 3. The second-order valence-corrected chi connectivity index (χ2v) is 7.69. The summed E-state index contributed by atoms with van der Waals surface area (Å²) in [7, 11) is -0.360. The fraction of sp³-hybridized carbons (Fsp3) is 0.100. The van der Waals surface area contributed by atoms with Crippen molar-refractivity contribution in [3.63, 3.8) is 0 Å². The molecule has 1 atom stereocenters. The van der Waals surface area contributed by atoms with Crippen LogP contribution < -0.4 is 0 Å². The van der Waals surface area contributed by atoms with Crippen LogP contribution in [0.15, 0.2) is 87.5 Å². The summed E-state index contributed by atoms with van der Waals surface area (Å²) in [5.41, 5.74) is 1.31. The van der Waals surface area contributed by atoms with E-state index >= 15 is 0 Å². The van der Waals surface area contributed by atoms with E-state index in [1.807, 2.05) is 48.5 Å². The summed E-state index contributed by atoms with van der Waals surface area (Å²) in [5, 5.41) is 0. The fourth-order valence-corrected chi connectivity index (χ4v) is 5.46. The highest BCUT2D eigenvalue weighted by atomic mass is 32.2. The zero-order valence-corrected chi connectivity index (χ0v) is 13.5. The van der Waals surface area contributed by atoms with Crippen LogP contribution in [0.1, 0.15) is 16.7 Å². The predicted octanol–water partition coefficient (Wildman–Crippen LogP) is 5.71. The third-order valence-electron chi connectivity index (χ3n) is 4.16. The maximum Gasteiger partial charge on any atom is 0.416 e. The number of halogens is 3. The number of alkyl halides is 3. The van der Waals surface area contributed by atoms with Crippen LogP contribution in [-0.2, 0) is 23.5 Å². The molecular weight excluding hydrogens is 329 g/mol. The number of hydrogen-bond acceptors (Lipinski definition) is 0. The Bertz CT molecular complexity index is 885. The minimum Gasteiger partial charge on any atom is -0.166 e. The third kappa shape index (κ3) is 2.61. The van der Waals surface area contributed by atoms with Crippen LogP contribution in [0.2, 0.25) is 0 Å². The Morgan fingerprint density at radius 3 is 2.12 bits per heavy atom. The third-order valence-corrected chi connectivity index (χ3v) is 6.58. The van der Waals surface area contributed by atoms with E-state index in [1.165, 1.54) is 17.0 Å². The van der Waals surface area contributed by atoms with Crippen molar-refractivity contribution in [3.05, 3.63) is 89.5 Å². The van der Waals surface area contributed by atoms with Crippen molar-refractivity contribution in [2.24, 2.45) is 0 Å². The molecule has 0 aliphatic carbocycles. The Kier molecular flexibility index (Phi) is 3.65. The quantitative estimate of drug-likeness (QED) is 0.389. The van der Waals surface area contributed by atoms with E-state index in [-0.39, 0.29) is 10.9 Å². The number of rotatable bonds is 1. The van der Waals surface area contributed by atoms with E-state index in [2.05, 4.69) is 6.07 Å². The van der Waals surface area contributed by atoms with Gasteiger partial charge in [0.2, 0.25) is 0 Å². The molecule has 1 heterocycles. The minimum absolute atomic E-state index is 0.360. The first kappa shape index (κ1) is 15.3. The van der Waals surface area contributed by atoms with Gasteiger partial charge in [0.1, 0.15) is 0 Å². The van der Waals surface area contributed by atoms with Crippen molar-refractivity contribution in [2.75, 3.05) is 0 Å². The summed E-state index contributed by atoms with van der Waals surface area (Å²) < 4.78 is 39.2. The van der Waals surface area contributed by atoms with Gasteiger partial charge < -0.3 is 0 Å². The summed E-state index contributed by atoms with van der Waals surface area (Å²) in [6.45, 7) is 0. The average molecular weight is 343 g/mol. The maximum atomic E-state index is 13.1. The van der Waals surface area contributed by atoms with E-state index in [4.69, 9.17) is 0 Å². The van der Waals surface area contributed by atoms with Gasteiger partial charge >= 0.3 is 6.18 Å². The Balaban J connectivity index is 1.92. The Morgan fingerprint density at radius 1 is 0.708 bits per heavy atom. The fourth-order valence-electron chi connectivity index (χ4n) is 3.08. The summed E-state index contributed by atoms with van der Waals surface area (Å²) >= 11 is 0. The lowest BCUT2D eigenvalue weighted by atomic mass is 10.0. The van der Waals surface area contributed by atoms with Gasteiger partial charge in [0.05, 0.1) is 16.5 Å². The van der Waals surface area contributed by atoms with Crippen molar-refractivity contribution in [1.29, 1.82) is 0 Å². The molecule has 1 aliphatic heterocycles. The highest BCUT2D eigenvalue weighted by Crippen LogP contribution is 2.42. The molecule has 0 saturated carbocycles. The largest absolute Gasteiger partial charge is 0.416 e. The maximum absolute atomic E-state index is 13.1. The standard InChI is InChI=1S/C20H14F3S/c21-20(22,23)16-10-11-19-15(13-16)12-14-6-4-5-9-18(14)24(19)17-7-2-1-3-8-17/h1-11,13H,12H2/q+1. The molecular formula is C20H14F3S+. The average Bonchev–Trinajstić information content (AvgIpc) is 2.59. The van der Waals surface area contributed by atoms with E-state index in [1.54, 1.807) is 6.07 Å². The molecule has 0 spiro atoms. The Morgan fingerprint density at radius 2 is 1.38 bits per heavy atom. The Hall–Kier alpha value is -2.20.